The van der Waals surface area contributed by atoms with Crippen LogP contribution in [0.2, 0.25) is 0 Å². The molecule has 2 rings (SSSR count). The molecule has 3 nitrogen and oxygen atoms in total. The zero-order valence-electron chi connectivity index (χ0n) is 10.1. The summed E-state index contributed by atoms with van der Waals surface area (Å²) in [6.07, 6.45) is -2.46. The molecule has 0 saturated heterocycles. The van der Waals surface area contributed by atoms with Crippen LogP contribution in [0.1, 0.15) is 11.3 Å². The molecule has 1 N–H and O–H groups in total. The van der Waals surface area contributed by atoms with Gasteiger partial charge in [0.2, 0.25) is 0 Å². The Morgan fingerprint density at radius 2 is 2.11 bits per heavy atom. The lowest BCUT2D eigenvalue weighted by atomic mass is 10.1. The van der Waals surface area contributed by atoms with Gasteiger partial charge in [0.1, 0.15) is 24.6 Å². The van der Waals surface area contributed by atoms with Gasteiger partial charge in [-0.25, -0.2) is 8.78 Å². The Labute approximate surface area is 104 Å². The molecule has 5 heteroatoms. The molecule has 98 valence electrons. The van der Waals surface area contributed by atoms with Crippen LogP contribution in [0.25, 0.3) is 11.0 Å². The highest BCUT2D eigenvalue weighted by atomic mass is 19.3. The van der Waals surface area contributed by atoms with E-state index in [2.05, 4.69) is 5.32 Å². The van der Waals surface area contributed by atoms with Crippen molar-refractivity contribution in [3.63, 3.8) is 0 Å². The Morgan fingerprint density at radius 3 is 2.83 bits per heavy atom. The molecule has 0 unspecified atom stereocenters. The van der Waals surface area contributed by atoms with Crippen LogP contribution in [0.3, 0.4) is 0 Å². The summed E-state index contributed by atoms with van der Waals surface area (Å²) in [4.78, 5) is 0. The number of ether oxygens (including phenoxy) is 1. The van der Waals surface area contributed by atoms with Crippen molar-refractivity contribution < 1.29 is 17.9 Å². The number of halogens is 2. The molecule has 0 aliphatic heterocycles. The van der Waals surface area contributed by atoms with E-state index in [1.807, 2.05) is 31.3 Å². The van der Waals surface area contributed by atoms with Gasteiger partial charge in [-0.2, -0.15) is 0 Å². The number of para-hydroxylation sites is 1. The average molecular weight is 255 g/mol. The van der Waals surface area contributed by atoms with E-state index in [9.17, 15) is 8.78 Å². The Bertz CT molecular complexity index is 511. The van der Waals surface area contributed by atoms with Crippen LogP contribution in [-0.2, 0) is 17.9 Å². The van der Waals surface area contributed by atoms with Gasteiger partial charge in [0.05, 0.1) is 0 Å². The monoisotopic (exact) mass is 255 g/mol. The molecule has 18 heavy (non-hydrogen) atoms. The van der Waals surface area contributed by atoms with Crippen molar-refractivity contribution in [3.8, 4) is 0 Å². The average Bonchev–Trinajstić information content (AvgIpc) is 2.68. The lowest BCUT2D eigenvalue weighted by Gasteiger charge is -2.04. The van der Waals surface area contributed by atoms with Crippen LogP contribution in [0.5, 0.6) is 0 Å². The fourth-order valence-electron chi connectivity index (χ4n) is 1.88. The van der Waals surface area contributed by atoms with Crippen molar-refractivity contribution in [2.24, 2.45) is 0 Å². The molecular weight excluding hydrogens is 240 g/mol. The van der Waals surface area contributed by atoms with Gasteiger partial charge in [-0.1, -0.05) is 18.2 Å². The standard InChI is InChI=1S/C13H15F2NO2/c1-16-6-10-9-4-2-3-5-11(9)18-12(10)7-17-8-13(14)15/h2-5,13,16H,6-8H2,1H3. The van der Waals surface area contributed by atoms with Crippen molar-refractivity contribution in [3.05, 3.63) is 35.6 Å². The number of furan rings is 1. The SMILES string of the molecule is CNCc1c(COCC(F)F)oc2ccccc12. The summed E-state index contributed by atoms with van der Waals surface area (Å²) in [6.45, 7) is 0.108. The van der Waals surface area contributed by atoms with Crippen molar-refractivity contribution in [1.82, 2.24) is 5.32 Å². The summed E-state index contributed by atoms with van der Waals surface area (Å²) < 4.78 is 34.6. The van der Waals surface area contributed by atoms with Gasteiger partial charge in [0, 0.05) is 17.5 Å². The molecular formula is C13H15F2NO2. The van der Waals surface area contributed by atoms with Crippen LogP contribution < -0.4 is 5.32 Å². The molecule has 0 aliphatic rings. The minimum Gasteiger partial charge on any atom is -0.458 e. The highest BCUT2D eigenvalue weighted by molar-refractivity contribution is 5.82. The minimum absolute atomic E-state index is 0.0655. The van der Waals surface area contributed by atoms with Crippen molar-refractivity contribution in [2.75, 3.05) is 13.7 Å². The molecule has 0 radical (unpaired) electrons. The second-order valence-electron chi connectivity index (χ2n) is 3.94. The lowest BCUT2D eigenvalue weighted by Crippen LogP contribution is -2.09. The van der Waals surface area contributed by atoms with Crippen molar-refractivity contribution in [1.29, 1.82) is 0 Å². The minimum atomic E-state index is -2.46. The first kappa shape index (κ1) is 13.0. The van der Waals surface area contributed by atoms with Gasteiger partial charge in [0.25, 0.3) is 6.43 Å². The Hall–Kier alpha value is -1.46. The zero-order valence-corrected chi connectivity index (χ0v) is 10.1. The quantitative estimate of drug-likeness (QED) is 0.861. The van der Waals surface area contributed by atoms with Gasteiger partial charge in [0.15, 0.2) is 0 Å². The predicted molar refractivity (Wildman–Crippen MR) is 64.6 cm³/mol. The van der Waals surface area contributed by atoms with Gasteiger partial charge < -0.3 is 14.5 Å². The van der Waals surface area contributed by atoms with E-state index in [-0.39, 0.29) is 6.61 Å². The maximum atomic E-state index is 12.0. The van der Waals surface area contributed by atoms with Gasteiger partial charge in [-0.15, -0.1) is 0 Å². The maximum absolute atomic E-state index is 12.0. The van der Waals surface area contributed by atoms with Crippen LogP contribution in [0.4, 0.5) is 8.78 Å². The third-order valence-electron chi connectivity index (χ3n) is 2.61. The molecule has 1 aromatic carbocycles. The molecule has 1 heterocycles. The first-order chi connectivity index (χ1) is 8.72. The van der Waals surface area contributed by atoms with E-state index in [4.69, 9.17) is 9.15 Å². The second kappa shape index (κ2) is 5.93. The third kappa shape index (κ3) is 2.86. The molecule has 0 saturated carbocycles. The summed E-state index contributed by atoms with van der Waals surface area (Å²) in [5, 5.41) is 4.03. The van der Waals surface area contributed by atoms with Gasteiger partial charge >= 0.3 is 0 Å². The van der Waals surface area contributed by atoms with E-state index in [1.54, 1.807) is 0 Å². The van der Waals surface area contributed by atoms with Crippen molar-refractivity contribution >= 4 is 11.0 Å². The maximum Gasteiger partial charge on any atom is 0.261 e. The molecule has 0 spiro atoms. The summed E-state index contributed by atoms with van der Waals surface area (Å²) in [5.41, 5.74) is 1.71. The topological polar surface area (TPSA) is 34.4 Å². The first-order valence-electron chi connectivity index (χ1n) is 5.72. The van der Waals surface area contributed by atoms with E-state index < -0.39 is 13.0 Å². The highest BCUT2D eigenvalue weighted by Crippen LogP contribution is 2.26. The summed E-state index contributed by atoms with van der Waals surface area (Å²) in [6, 6.07) is 7.59. The number of hydrogen-bond donors (Lipinski definition) is 1. The second-order valence-corrected chi connectivity index (χ2v) is 3.94. The van der Waals surface area contributed by atoms with E-state index in [0.717, 1.165) is 16.5 Å². The summed E-state index contributed by atoms with van der Waals surface area (Å²) in [7, 11) is 1.82. The number of hydrogen-bond acceptors (Lipinski definition) is 3. The van der Waals surface area contributed by atoms with Crippen LogP contribution in [0.15, 0.2) is 28.7 Å². The van der Waals surface area contributed by atoms with E-state index in [1.165, 1.54) is 0 Å². The largest absolute Gasteiger partial charge is 0.458 e. The number of rotatable bonds is 6. The number of nitrogens with one attached hydrogen (secondary N) is 1. The number of fused-ring (bicyclic) bond motifs is 1. The highest BCUT2D eigenvalue weighted by Gasteiger charge is 2.13. The van der Waals surface area contributed by atoms with Crippen LogP contribution in [0, 0.1) is 0 Å². The predicted octanol–water partition coefficient (Wildman–Crippen LogP) is 2.93. The Balaban J connectivity index is 2.22. The number of benzene rings is 1. The van der Waals surface area contributed by atoms with Gasteiger partial charge in [-0.05, 0) is 13.1 Å². The first-order valence-corrected chi connectivity index (χ1v) is 5.72. The summed E-state index contributed by atoms with van der Waals surface area (Å²) in [5.74, 6) is 0.603. The molecule has 0 amide bonds. The normalized spacial score (nSPS) is 11.6. The molecule has 0 atom stereocenters. The third-order valence-corrected chi connectivity index (χ3v) is 2.61. The van der Waals surface area contributed by atoms with Crippen molar-refractivity contribution in [2.45, 2.75) is 19.6 Å². The lowest BCUT2D eigenvalue weighted by molar-refractivity contribution is 0.00461. The summed E-state index contributed by atoms with van der Waals surface area (Å²) >= 11 is 0. The van der Waals surface area contributed by atoms with Crippen LogP contribution >= 0.6 is 0 Å². The smallest absolute Gasteiger partial charge is 0.261 e. The molecule has 0 bridgehead atoms. The molecule has 1 aromatic heterocycles. The Morgan fingerprint density at radius 1 is 1.33 bits per heavy atom. The molecule has 0 fully saturated rings. The molecule has 0 aliphatic carbocycles. The van der Waals surface area contributed by atoms with E-state index in [0.29, 0.717) is 12.3 Å². The zero-order chi connectivity index (χ0) is 13.0. The number of alkyl halides is 2. The van der Waals surface area contributed by atoms with Gasteiger partial charge in [-0.3, -0.25) is 0 Å². The molecule has 2 aromatic rings. The fourth-order valence-corrected chi connectivity index (χ4v) is 1.88. The van der Waals surface area contributed by atoms with Crippen LogP contribution in [-0.4, -0.2) is 20.1 Å². The Kier molecular flexibility index (Phi) is 4.28. The fraction of sp³-hybridized carbons (Fsp3) is 0.385. The van der Waals surface area contributed by atoms with E-state index >= 15 is 0 Å².